The molecule has 0 aliphatic rings. The average molecular weight is 297 g/mol. The molecule has 0 bridgehead atoms. The van der Waals surface area contributed by atoms with Crippen molar-refractivity contribution in [2.45, 2.75) is 26.7 Å². The molecule has 0 amide bonds. The Bertz CT molecular complexity index is 651. The number of benzene rings is 2. The van der Waals surface area contributed by atoms with Crippen molar-refractivity contribution in [2.75, 3.05) is 0 Å². The minimum atomic E-state index is 0.630. The molecule has 0 N–H and O–H groups in total. The van der Waals surface area contributed by atoms with Gasteiger partial charge in [0.2, 0.25) is 0 Å². The second kappa shape index (κ2) is 7.28. The summed E-state index contributed by atoms with van der Waals surface area (Å²) in [5.41, 5.74) is 6.25. The summed E-state index contributed by atoms with van der Waals surface area (Å²) >= 11 is 6.02. The summed E-state index contributed by atoms with van der Waals surface area (Å²) in [4.78, 5) is 0. The van der Waals surface area contributed by atoms with Crippen LogP contribution in [-0.4, -0.2) is 0 Å². The molecular weight excluding hydrogens is 276 g/mol. The third-order valence-corrected chi connectivity index (χ3v) is 3.89. The van der Waals surface area contributed by atoms with Crippen LogP contribution >= 0.6 is 11.6 Å². The Morgan fingerprint density at radius 2 is 1.81 bits per heavy atom. The molecule has 108 valence electrons. The van der Waals surface area contributed by atoms with Crippen LogP contribution in [0.2, 0.25) is 0 Å². The zero-order valence-electron chi connectivity index (χ0n) is 12.7. The molecule has 0 unspecified atom stereocenters. The summed E-state index contributed by atoms with van der Waals surface area (Å²) < 4.78 is 0. The van der Waals surface area contributed by atoms with E-state index in [2.05, 4.69) is 69.0 Å². The summed E-state index contributed by atoms with van der Waals surface area (Å²) in [7, 11) is 0. The van der Waals surface area contributed by atoms with Gasteiger partial charge < -0.3 is 0 Å². The summed E-state index contributed by atoms with van der Waals surface area (Å²) in [6, 6.07) is 17.2. The molecule has 0 aliphatic heterocycles. The monoisotopic (exact) mass is 296 g/mol. The quantitative estimate of drug-likeness (QED) is 0.582. The molecule has 2 aromatic rings. The zero-order chi connectivity index (χ0) is 15.2. The van der Waals surface area contributed by atoms with Gasteiger partial charge in [0.25, 0.3) is 0 Å². The van der Waals surface area contributed by atoms with Gasteiger partial charge in [-0.2, -0.15) is 0 Å². The Labute approximate surface area is 132 Å². The van der Waals surface area contributed by atoms with Crippen molar-refractivity contribution in [3.8, 4) is 0 Å². The fraction of sp³-hybridized carbons (Fsp3) is 0.200. The predicted octanol–water partition coefficient (Wildman–Crippen LogP) is 6.13. The first-order chi connectivity index (χ1) is 10.1. The molecule has 2 aromatic carbocycles. The van der Waals surface area contributed by atoms with Crippen LogP contribution in [0.4, 0.5) is 0 Å². The molecule has 0 saturated carbocycles. The normalized spacial score (nSPS) is 11.5. The predicted molar refractivity (Wildman–Crippen MR) is 93.7 cm³/mol. The highest BCUT2D eigenvalue weighted by molar-refractivity contribution is 6.32. The van der Waals surface area contributed by atoms with Crippen molar-refractivity contribution in [3.63, 3.8) is 0 Å². The molecule has 0 heterocycles. The highest BCUT2D eigenvalue weighted by Crippen LogP contribution is 2.22. The molecule has 2 rings (SSSR count). The van der Waals surface area contributed by atoms with E-state index >= 15 is 0 Å². The van der Waals surface area contributed by atoms with E-state index in [1.807, 2.05) is 6.07 Å². The smallest absolute Gasteiger partial charge is 0.0366 e. The molecule has 0 saturated heterocycles. The maximum Gasteiger partial charge on any atom is 0.0366 e. The number of aryl methyl sites for hydroxylation is 1. The fourth-order valence-electron chi connectivity index (χ4n) is 2.40. The summed E-state index contributed by atoms with van der Waals surface area (Å²) in [5.74, 6) is 0. The molecule has 1 heteroatoms. The molecule has 0 spiro atoms. The number of hydrogen-bond acceptors (Lipinski definition) is 0. The van der Waals surface area contributed by atoms with Gasteiger partial charge in [0.1, 0.15) is 0 Å². The Kier molecular flexibility index (Phi) is 5.41. The van der Waals surface area contributed by atoms with E-state index in [1.54, 1.807) is 0 Å². The van der Waals surface area contributed by atoms with Crippen molar-refractivity contribution < 1.29 is 0 Å². The van der Waals surface area contributed by atoms with Crippen LogP contribution in [0.25, 0.3) is 6.08 Å². The van der Waals surface area contributed by atoms with Crippen molar-refractivity contribution >= 4 is 17.7 Å². The Morgan fingerprint density at radius 3 is 2.38 bits per heavy atom. The molecule has 0 fully saturated rings. The van der Waals surface area contributed by atoms with Crippen LogP contribution in [0.15, 0.2) is 65.7 Å². The molecule has 21 heavy (non-hydrogen) atoms. The van der Waals surface area contributed by atoms with E-state index in [4.69, 9.17) is 11.6 Å². The van der Waals surface area contributed by atoms with Crippen LogP contribution in [0, 0.1) is 6.92 Å². The van der Waals surface area contributed by atoms with Crippen molar-refractivity contribution in [2.24, 2.45) is 0 Å². The Hall–Kier alpha value is -1.79. The maximum atomic E-state index is 6.02. The minimum Gasteiger partial charge on any atom is -0.0847 e. The SMILES string of the molecule is C=C(Cl)/C(=C\c1ccc(Cc2ccccc2)cc1C)CC. The number of rotatable bonds is 5. The van der Waals surface area contributed by atoms with Crippen molar-refractivity contribution in [3.05, 3.63) is 88.0 Å². The maximum absolute atomic E-state index is 6.02. The lowest BCUT2D eigenvalue weighted by Gasteiger charge is -2.08. The van der Waals surface area contributed by atoms with Gasteiger partial charge in [0.05, 0.1) is 0 Å². The molecular formula is C20H21Cl. The largest absolute Gasteiger partial charge is 0.0847 e. The summed E-state index contributed by atoms with van der Waals surface area (Å²) in [6.07, 6.45) is 4.00. The first-order valence-corrected chi connectivity index (χ1v) is 7.66. The molecule has 0 nitrogen and oxygen atoms in total. The summed E-state index contributed by atoms with van der Waals surface area (Å²) in [6.45, 7) is 8.06. The second-order valence-electron chi connectivity index (χ2n) is 5.28. The van der Waals surface area contributed by atoms with Gasteiger partial charge in [0, 0.05) is 5.03 Å². The number of halogens is 1. The molecule has 0 atom stereocenters. The van der Waals surface area contributed by atoms with E-state index in [9.17, 15) is 0 Å². The van der Waals surface area contributed by atoms with Crippen LogP contribution in [0.3, 0.4) is 0 Å². The average Bonchev–Trinajstić information content (AvgIpc) is 2.47. The van der Waals surface area contributed by atoms with E-state index in [-0.39, 0.29) is 0 Å². The van der Waals surface area contributed by atoms with Gasteiger partial charge in [-0.15, -0.1) is 0 Å². The third kappa shape index (κ3) is 4.34. The van der Waals surface area contributed by atoms with Crippen molar-refractivity contribution in [1.82, 2.24) is 0 Å². The first kappa shape index (κ1) is 15.6. The highest BCUT2D eigenvalue weighted by Gasteiger charge is 2.02. The topological polar surface area (TPSA) is 0 Å². The molecule has 0 aromatic heterocycles. The molecule has 0 radical (unpaired) electrons. The van der Waals surface area contributed by atoms with Gasteiger partial charge in [-0.1, -0.05) is 79.7 Å². The van der Waals surface area contributed by atoms with Crippen LogP contribution < -0.4 is 0 Å². The van der Waals surface area contributed by atoms with Gasteiger partial charge >= 0.3 is 0 Å². The second-order valence-corrected chi connectivity index (χ2v) is 5.74. The summed E-state index contributed by atoms with van der Waals surface area (Å²) in [5, 5.41) is 0.630. The van der Waals surface area contributed by atoms with Crippen LogP contribution in [0.5, 0.6) is 0 Å². The minimum absolute atomic E-state index is 0.630. The van der Waals surface area contributed by atoms with E-state index < -0.39 is 0 Å². The fourth-order valence-corrected chi connectivity index (χ4v) is 2.59. The zero-order valence-corrected chi connectivity index (χ0v) is 13.5. The number of hydrogen-bond donors (Lipinski definition) is 0. The standard InChI is InChI=1S/C20H21Cl/c1-4-19(16(3)21)14-20-11-10-18(12-15(20)2)13-17-8-6-5-7-9-17/h5-12,14H,3-4,13H2,1-2H3/b19-14-. The van der Waals surface area contributed by atoms with E-state index in [0.29, 0.717) is 5.03 Å². The Morgan fingerprint density at radius 1 is 1.10 bits per heavy atom. The molecule has 0 aliphatic carbocycles. The van der Waals surface area contributed by atoms with Crippen LogP contribution in [0.1, 0.15) is 35.6 Å². The van der Waals surface area contributed by atoms with E-state index in [0.717, 1.165) is 18.4 Å². The van der Waals surface area contributed by atoms with Crippen LogP contribution in [-0.2, 0) is 6.42 Å². The van der Waals surface area contributed by atoms with Gasteiger partial charge in [-0.3, -0.25) is 0 Å². The lowest BCUT2D eigenvalue weighted by molar-refractivity contribution is 1.15. The van der Waals surface area contributed by atoms with Gasteiger partial charge in [-0.05, 0) is 47.6 Å². The van der Waals surface area contributed by atoms with Gasteiger partial charge in [-0.25, -0.2) is 0 Å². The first-order valence-electron chi connectivity index (χ1n) is 7.29. The number of allylic oxidation sites excluding steroid dienone is 2. The van der Waals surface area contributed by atoms with E-state index in [1.165, 1.54) is 22.3 Å². The third-order valence-electron chi connectivity index (χ3n) is 3.64. The lowest BCUT2D eigenvalue weighted by Crippen LogP contribution is -1.91. The van der Waals surface area contributed by atoms with Crippen molar-refractivity contribution in [1.29, 1.82) is 0 Å². The van der Waals surface area contributed by atoms with Gasteiger partial charge in [0.15, 0.2) is 0 Å². The highest BCUT2D eigenvalue weighted by atomic mass is 35.5. The lowest BCUT2D eigenvalue weighted by atomic mass is 9.98. The Balaban J connectivity index is 2.23.